The van der Waals surface area contributed by atoms with Gasteiger partial charge in [-0.2, -0.15) is 0 Å². The van der Waals surface area contributed by atoms with Crippen molar-refractivity contribution in [3.63, 3.8) is 0 Å². The number of aliphatic hydroxyl groups excluding tert-OH is 1. The third kappa shape index (κ3) is 1.90. The summed E-state index contributed by atoms with van der Waals surface area (Å²) in [6.07, 6.45) is 10.1. The molecule has 4 aliphatic carbocycles. The van der Waals surface area contributed by atoms with Crippen LogP contribution in [0.1, 0.15) is 71.6 Å². The van der Waals surface area contributed by atoms with Gasteiger partial charge in [-0.3, -0.25) is 4.79 Å². The maximum absolute atomic E-state index is 13.1. The zero-order valence-electron chi connectivity index (χ0n) is 13.6. The van der Waals surface area contributed by atoms with Gasteiger partial charge in [0.05, 0.1) is 6.10 Å². The van der Waals surface area contributed by atoms with Gasteiger partial charge in [0.2, 0.25) is 0 Å². The van der Waals surface area contributed by atoms with Crippen LogP contribution in [-0.2, 0) is 4.79 Å². The molecule has 4 aliphatic rings. The molecule has 4 rings (SSSR count). The minimum Gasteiger partial charge on any atom is -0.393 e. The Morgan fingerprint density at radius 2 is 1.90 bits per heavy atom. The van der Waals surface area contributed by atoms with Crippen molar-refractivity contribution in [1.29, 1.82) is 0 Å². The standard InChI is InChI=1S/C19H30O2/c1-18-8-3-4-15(18)14-6-5-12-10-13(20)7-9-19(12,2)17(14)16(21)11-18/h12-15,17,20H,3-11H2,1-2H3/t12-,13-,14+,15-,17-,18-,19+/m1/s1. The van der Waals surface area contributed by atoms with Gasteiger partial charge >= 0.3 is 0 Å². The summed E-state index contributed by atoms with van der Waals surface area (Å²) < 4.78 is 0. The van der Waals surface area contributed by atoms with E-state index in [-0.39, 0.29) is 11.5 Å². The fraction of sp³-hybridized carbons (Fsp3) is 0.947. The highest BCUT2D eigenvalue weighted by molar-refractivity contribution is 5.84. The summed E-state index contributed by atoms with van der Waals surface area (Å²) in [5.74, 6) is 2.90. The molecule has 0 aromatic rings. The Labute approximate surface area is 128 Å². The summed E-state index contributed by atoms with van der Waals surface area (Å²) in [5.41, 5.74) is 0.499. The van der Waals surface area contributed by atoms with Gasteiger partial charge in [0, 0.05) is 12.3 Å². The minimum atomic E-state index is -0.116. The molecule has 4 fully saturated rings. The first kappa shape index (κ1) is 14.2. The van der Waals surface area contributed by atoms with Crippen molar-refractivity contribution in [2.75, 3.05) is 0 Å². The van der Waals surface area contributed by atoms with E-state index in [4.69, 9.17) is 0 Å². The molecule has 2 nitrogen and oxygen atoms in total. The molecule has 0 amide bonds. The molecule has 7 atom stereocenters. The summed E-state index contributed by atoms with van der Waals surface area (Å²) in [7, 11) is 0. The Morgan fingerprint density at radius 3 is 2.71 bits per heavy atom. The maximum Gasteiger partial charge on any atom is 0.137 e. The van der Waals surface area contributed by atoms with Crippen LogP contribution in [0.15, 0.2) is 0 Å². The quantitative estimate of drug-likeness (QED) is 0.733. The second-order valence-electron chi connectivity index (χ2n) is 9.15. The van der Waals surface area contributed by atoms with Crippen LogP contribution in [0.3, 0.4) is 0 Å². The first-order valence-electron chi connectivity index (χ1n) is 9.15. The fourth-order valence-electron chi connectivity index (χ4n) is 7.06. The maximum atomic E-state index is 13.1. The van der Waals surface area contributed by atoms with E-state index in [1.807, 2.05) is 0 Å². The van der Waals surface area contributed by atoms with Crippen molar-refractivity contribution in [3.05, 3.63) is 0 Å². The number of aliphatic hydroxyl groups is 1. The van der Waals surface area contributed by atoms with Gasteiger partial charge < -0.3 is 5.11 Å². The number of rotatable bonds is 0. The number of ketones is 1. The molecule has 118 valence electrons. The average molecular weight is 290 g/mol. The number of Topliss-reactive ketones (excluding diaryl/α,β-unsaturated/α-hetero) is 1. The van der Waals surface area contributed by atoms with Crippen molar-refractivity contribution in [1.82, 2.24) is 0 Å². The Morgan fingerprint density at radius 1 is 1.10 bits per heavy atom. The zero-order valence-corrected chi connectivity index (χ0v) is 13.6. The van der Waals surface area contributed by atoms with E-state index < -0.39 is 0 Å². The molecule has 0 aromatic carbocycles. The third-order valence-corrected chi connectivity index (χ3v) is 8.09. The molecular weight excluding hydrogens is 260 g/mol. The normalized spacial score (nSPS) is 56.5. The molecule has 0 unspecified atom stereocenters. The molecule has 0 spiro atoms. The van der Waals surface area contributed by atoms with Crippen LogP contribution in [0.2, 0.25) is 0 Å². The van der Waals surface area contributed by atoms with Crippen molar-refractivity contribution >= 4 is 5.78 Å². The lowest BCUT2D eigenvalue weighted by molar-refractivity contribution is -0.159. The molecule has 0 aromatic heterocycles. The van der Waals surface area contributed by atoms with Gasteiger partial charge in [0.25, 0.3) is 0 Å². The number of fused-ring (bicyclic) bond motifs is 5. The lowest BCUT2D eigenvalue weighted by atomic mass is 9.45. The van der Waals surface area contributed by atoms with Crippen LogP contribution in [0.5, 0.6) is 0 Å². The Balaban J connectivity index is 1.69. The Kier molecular flexibility index (Phi) is 3.10. The van der Waals surface area contributed by atoms with E-state index in [1.165, 1.54) is 32.1 Å². The predicted molar refractivity (Wildman–Crippen MR) is 82.7 cm³/mol. The number of hydrogen-bond donors (Lipinski definition) is 1. The van der Waals surface area contributed by atoms with Gasteiger partial charge in [-0.25, -0.2) is 0 Å². The van der Waals surface area contributed by atoms with E-state index >= 15 is 0 Å². The first-order chi connectivity index (χ1) is 9.94. The van der Waals surface area contributed by atoms with Gasteiger partial charge in [-0.1, -0.05) is 20.3 Å². The van der Waals surface area contributed by atoms with Crippen LogP contribution < -0.4 is 0 Å². The van der Waals surface area contributed by atoms with Gasteiger partial charge in [-0.05, 0) is 73.5 Å². The Hall–Kier alpha value is -0.370. The molecule has 4 saturated carbocycles. The molecule has 1 N–H and O–H groups in total. The monoisotopic (exact) mass is 290 g/mol. The smallest absolute Gasteiger partial charge is 0.137 e. The molecular formula is C19H30O2. The molecule has 0 heterocycles. The second-order valence-corrected chi connectivity index (χ2v) is 9.15. The fourth-order valence-corrected chi connectivity index (χ4v) is 7.06. The molecule has 0 radical (unpaired) electrons. The summed E-state index contributed by atoms with van der Waals surface area (Å²) in [4.78, 5) is 13.1. The third-order valence-electron chi connectivity index (χ3n) is 8.09. The van der Waals surface area contributed by atoms with E-state index in [1.54, 1.807) is 0 Å². The van der Waals surface area contributed by atoms with E-state index in [0.717, 1.165) is 31.6 Å². The zero-order chi connectivity index (χ0) is 14.8. The van der Waals surface area contributed by atoms with Crippen molar-refractivity contribution < 1.29 is 9.90 Å². The SMILES string of the molecule is C[C@]12CCC[C@@H]1[C@@H]1CC[C@@H]3C[C@H](O)CC[C@]3(C)[C@H]1C(=O)C2. The average Bonchev–Trinajstić information content (AvgIpc) is 2.80. The van der Waals surface area contributed by atoms with Crippen LogP contribution in [0.4, 0.5) is 0 Å². The van der Waals surface area contributed by atoms with E-state index in [9.17, 15) is 9.90 Å². The number of carbonyl (C=O) groups is 1. The highest BCUT2D eigenvalue weighted by Gasteiger charge is 2.60. The van der Waals surface area contributed by atoms with Crippen molar-refractivity contribution in [2.24, 2.45) is 34.5 Å². The summed E-state index contributed by atoms with van der Waals surface area (Å²) in [5, 5.41) is 10.0. The van der Waals surface area contributed by atoms with Gasteiger partial charge in [0.1, 0.15) is 5.78 Å². The predicted octanol–water partition coefficient (Wildman–Crippen LogP) is 3.96. The largest absolute Gasteiger partial charge is 0.393 e. The van der Waals surface area contributed by atoms with E-state index in [0.29, 0.717) is 29.0 Å². The highest BCUT2D eigenvalue weighted by atomic mass is 16.3. The van der Waals surface area contributed by atoms with Crippen LogP contribution >= 0.6 is 0 Å². The molecule has 2 heteroatoms. The van der Waals surface area contributed by atoms with E-state index in [2.05, 4.69) is 13.8 Å². The van der Waals surface area contributed by atoms with Gasteiger partial charge in [0.15, 0.2) is 0 Å². The minimum absolute atomic E-state index is 0.116. The Bertz CT molecular complexity index is 458. The van der Waals surface area contributed by atoms with Gasteiger partial charge in [-0.15, -0.1) is 0 Å². The lowest BCUT2D eigenvalue weighted by Gasteiger charge is -2.59. The molecule has 0 aliphatic heterocycles. The topological polar surface area (TPSA) is 37.3 Å². The highest BCUT2D eigenvalue weighted by Crippen LogP contribution is 2.65. The summed E-state index contributed by atoms with van der Waals surface area (Å²) in [6, 6.07) is 0. The second kappa shape index (κ2) is 4.57. The van der Waals surface area contributed by atoms with Crippen molar-refractivity contribution in [3.8, 4) is 0 Å². The summed E-state index contributed by atoms with van der Waals surface area (Å²) >= 11 is 0. The van der Waals surface area contributed by atoms with Crippen LogP contribution in [-0.4, -0.2) is 17.0 Å². The van der Waals surface area contributed by atoms with Crippen LogP contribution in [0.25, 0.3) is 0 Å². The molecule has 0 saturated heterocycles. The number of carbonyl (C=O) groups excluding carboxylic acids is 1. The number of hydrogen-bond acceptors (Lipinski definition) is 2. The lowest BCUT2D eigenvalue weighted by Crippen LogP contribution is -2.56. The van der Waals surface area contributed by atoms with Crippen LogP contribution in [0, 0.1) is 34.5 Å². The first-order valence-corrected chi connectivity index (χ1v) is 9.15. The molecule has 21 heavy (non-hydrogen) atoms. The summed E-state index contributed by atoms with van der Waals surface area (Å²) in [6.45, 7) is 4.77. The van der Waals surface area contributed by atoms with Crippen molar-refractivity contribution in [2.45, 2.75) is 77.7 Å². The molecule has 0 bridgehead atoms.